The number of benzene rings is 2. The second-order valence-electron chi connectivity index (χ2n) is 7.90. The lowest BCUT2D eigenvalue weighted by atomic mass is 10.1. The molecule has 2 aromatic rings. The molecule has 1 atom stereocenters. The second kappa shape index (κ2) is 9.51. The van der Waals surface area contributed by atoms with Gasteiger partial charge < -0.3 is 14.5 Å². The fraction of sp³-hybridized carbons (Fsp3) is 0.435. The van der Waals surface area contributed by atoms with Crippen LogP contribution in [0.1, 0.15) is 35.7 Å². The molecule has 0 aliphatic carbocycles. The summed E-state index contributed by atoms with van der Waals surface area (Å²) in [7, 11) is 0.825. The molecule has 3 rings (SSSR count). The lowest BCUT2D eigenvalue weighted by Gasteiger charge is -2.29. The molecule has 2 aromatic carbocycles. The minimum absolute atomic E-state index is 0.00645. The number of rotatable bonds is 8. The molecule has 0 unspecified atom stereocenters. The molecule has 30 heavy (non-hydrogen) atoms. The molecule has 0 spiro atoms. The van der Waals surface area contributed by atoms with Crippen molar-refractivity contribution in [2.24, 2.45) is 0 Å². The zero-order valence-corrected chi connectivity index (χ0v) is 18.7. The van der Waals surface area contributed by atoms with Crippen molar-refractivity contribution < 1.29 is 17.9 Å². The lowest BCUT2D eigenvalue weighted by molar-refractivity contribution is 0.0676. The van der Waals surface area contributed by atoms with Crippen LogP contribution >= 0.6 is 0 Å². The first kappa shape index (κ1) is 22.2. The number of sulfone groups is 1. The van der Waals surface area contributed by atoms with Crippen molar-refractivity contribution in [1.29, 1.82) is 0 Å². The summed E-state index contributed by atoms with van der Waals surface area (Å²) in [6.07, 6.45) is 1.30. The minimum Gasteiger partial charge on any atom is -0.493 e. The van der Waals surface area contributed by atoms with Crippen LogP contribution in [0.4, 0.5) is 5.69 Å². The first-order chi connectivity index (χ1) is 14.3. The van der Waals surface area contributed by atoms with Crippen molar-refractivity contribution in [2.75, 3.05) is 37.1 Å². The summed E-state index contributed by atoms with van der Waals surface area (Å²) in [6, 6.07) is 14.8. The Kier molecular flexibility index (Phi) is 7.02. The average Bonchev–Trinajstić information content (AvgIpc) is 3.10. The zero-order valence-electron chi connectivity index (χ0n) is 17.9. The highest BCUT2D eigenvalue weighted by molar-refractivity contribution is 7.91. The molecule has 6 nitrogen and oxygen atoms in total. The van der Waals surface area contributed by atoms with E-state index in [-0.39, 0.29) is 23.5 Å². The molecule has 1 fully saturated rings. The number of hydrogen-bond donors (Lipinski definition) is 0. The maximum Gasteiger partial charge on any atom is 0.258 e. The van der Waals surface area contributed by atoms with E-state index in [9.17, 15) is 13.2 Å². The predicted octanol–water partition coefficient (Wildman–Crippen LogP) is 3.37. The molecule has 1 aliphatic heterocycles. The molecular formula is C23H30N2O4S. The number of carbonyl (C=O) groups excluding carboxylic acids is 1. The lowest BCUT2D eigenvalue weighted by Crippen LogP contribution is -2.40. The number of nitrogens with zero attached hydrogens (tertiary/aromatic N) is 2. The summed E-state index contributed by atoms with van der Waals surface area (Å²) in [6.45, 7) is 2.89. The van der Waals surface area contributed by atoms with Crippen molar-refractivity contribution in [3.8, 4) is 5.75 Å². The van der Waals surface area contributed by atoms with E-state index in [1.807, 2.05) is 62.3 Å². The van der Waals surface area contributed by atoms with Crippen LogP contribution in [0.5, 0.6) is 5.75 Å². The van der Waals surface area contributed by atoms with Gasteiger partial charge in [-0.25, -0.2) is 8.42 Å². The van der Waals surface area contributed by atoms with Gasteiger partial charge in [-0.1, -0.05) is 31.2 Å². The standard InChI is InChI=1S/C23H30N2O4S/c1-4-14-29-22-8-6-5-7-21(22)23(26)25(20-13-15-30(27,28)17-20)16-18-9-11-19(12-10-18)24(2)3/h5-12,20H,4,13-17H2,1-3H3/t20-/m0/s1. The van der Waals surface area contributed by atoms with E-state index in [0.717, 1.165) is 17.7 Å². The summed E-state index contributed by atoms with van der Waals surface area (Å²) in [5.74, 6) is 0.472. The number of ether oxygens (including phenoxy) is 1. The van der Waals surface area contributed by atoms with Crippen LogP contribution in [-0.2, 0) is 16.4 Å². The molecule has 1 heterocycles. The number of amides is 1. The Morgan fingerprint density at radius 1 is 1.10 bits per heavy atom. The Morgan fingerprint density at radius 3 is 2.40 bits per heavy atom. The van der Waals surface area contributed by atoms with Crippen molar-refractivity contribution in [2.45, 2.75) is 32.4 Å². The monoisotopic (exact) mass is 430 g/mol. The predicted molar refractivity (Wildman–Crippen MR) is 120 cm³/mol. The Labute approximate surface area is 179 Å². The van der Waals surface area contributed by atoms with Gasteiger partial charge in [0.05, 0.1) is 23.7 Å². The molecule has 1 aliphatic rings. The SMILES string of the molecule is CCCOc1ccccc1C(=O)N(Cc1ccc(N(C)C)cc1)[C@H]1CCS(=O)(=O)C1. The Bertz CT molecular complexity index is 971. The third-order valence-electron chi connectivity index (χ3n) is 5.29. The quantitative estimate of drug-likeness (QED) is 0.642. The molecule has 1 saturated heterocycles. The van der Waals surface area contributed by atoms with E-state index < -0.39 is 9.84 Å². The smallest absolute Gasteiger partial charge is 0.258 e. The third kappa shape index (κ3) is 5.33. The van der Waals surface area contributed by atoms with Gasteiger partial charge in [-0.3, -0.25) is 4.79 Å². The van der Waals surface area contributed by atoms with Gasteiger partial charge in [0.1, 0.15) is 5.75 Å². The first-order valence-electron chi connectivity index (χ1n) is 10.3. The van der Waals surface area contributed by atoms with Gasteiger partial charge in [-0.05, 0) is 42.7 Å². The van der Waals surface area contributed by atoms with E-state index >= 15 is 0 Å². The number of anilines is 1. The fourth-order valence-corrected chi connectivity index (χ4v) is 5.35. The van der Waals surface area contributed by atoms with E-state index in [1.165, 1.54) is 0 Å². The first-order valence-corrected chi connectivity index (χ1v) is 12.1. The van der Waals surface area contributed by atoms with Crippen LogP contribution in [0.2, 0.25) is 0 Å². The number of hydrogen-bond acceptors (Lipinski definition) is 5. The molecule has 0 aromatic heterocycles. The summed E-state index contributed by atoms with van der Waals surface area (Å²) in [5.41, 5.74) is 2.50. The Hall–Kier alpha value is -2.54. The van der Waals surface area contributed by atoms with Crippen molar-refractivity contribution in [1.82, 2.24) is 4.90 Å². The molecule has 0 saturated carbocycles. The van der Waals surface area contributed by atoms with Crippen molar-refractivity contribution >= 4 is 21.4 Å². The minimum atomic E-state index is -3.12. The Balaban J connectivity index is 1.91. The molecular weight excluding hydrogens is 400 g/mol. The van der Waals surface area contributed by atoms with Crippen LogP contribution in [0.15, 0.2) is 48.5 Å². The van der Waals surface area contributed by atoms with Crippen LogP contribution in [0.25, 0.3) is 0 Å². The Morgan fingerprint density at radius 2 is 1.80 bits per heavy atom. The maximum atomic E-state index is 13.5. The molecule has 0 N–H and O–H groups in total. The third-order valence-corrected chi connectivity index (χ3v) is 7.05. The summed E-state index contributed by atoms with van der Waals surface area (Å²) < 4.78 is 30.0. The molecule has 162 valence electrons. The number of carbonyl (C=O) groups is 1. The maximum absolute atomic E-state index is 13.5. The average molecular weight is 431 g/mol. The normalized spacial score (nSPS) is 17.5. The summed E-state index contributed by atoms with van der Waals surface area (Å²) in [4.78, 5) is 17.3. The molecule has 0 bridgehead atoms. The van der Waals surface area contributed by atoms with Gasteiger partial charge in [0.25, 0.3) is 5.91 Å². The summed E-state index contributed by atoms with van der Waals surface area (Å²) >= 11 is 0. The van der Waals surface area contributed by atoms with Crippen LogP contribution in [0.3, 0.4) is 0 Å². The highest BCUT2D eigenvalue weighted by Gasteiger charge is 2.35. The van der Waals surface area contributed by atoms with Gasteiger partial charge in [-0.15, -0.1) is 0 Å². The van der Waals surface area contributed by atoms with Gasteiger partial charge in [0.15, 0.2) is 9.84 Å². The van der Waals surface area contributed by atoms with Gasteiger partial charge in [0, 0.05) is 32.4 Å². The van der Waals surface area contributed by atoms with Gasteiger partial charge in [0.2, 0.25) is 0 Å². The highest BCUT2D eigenvalue weighted by Crippen LogP contribution is 2.27. The van der Waals surface area contributed by atoms with E-state index in [1.54, 1.807) is 17.0 Å². The number of para-hydroxylation sites is 1. The van der Waals surface area contributed by atoms with Gasteiger partial charge >= 0.3 is 0 Å². The molecule has 7 heteroatoms. The molecule has 1 amide bonds. The highest BCUT2D eigenvalue weighted by atomic mass is 32.2. The van der Waals surface area contributed by atoms with E-state index in [4.69, 9.17) is 4.74 Å². The van der Waals surface area contributed by atoms with Gasteiger partial charge in [-0.2, -0.15) is 0 Å². The second-order valence-corrected chi connectivity index (χ2v) is 10.1. The van der Waals surface area contributed by atoms with E-state index in [2.05, 4.69) is 0 Å². The molecule has 0 radical (unpaired) electrons. The van der Waals surface area contributed by atoms with Crippen LogP contribution in [-0.4, -0.2) is 57.5 Å². The van der Waals surface area contributed by atoms with Crippen LogP contribution < -0.4 is 9.64 Å². The van der Waals surface area contributed by atoms with Crippen molar-refractivity contribution in [3.63, 3.8) is 0 Å². The topological polar surface area (TPSA) is 66.9 Å². The fourth-order valence-electron chi connectivity index (χ4n) is 3.62. The van der Waals surface area contributed by atoms with Crippen LogP contribution in [0, 0.1) is 0 Å². The van der Waals surface area contributed by atoms with Crippen molar-refractivity contribution in [3.05, 3.63) is 59.7 Å². The zero-order chi connectivity index (χ0) is 21.7. The summed E-state index contributed by atoms with van der Waals surface area (Å²) in [5, 5.41) is 0. The van der Waals surface area contributed by atoms with E-state index in [0.29, 0.717) is 30.9 Å². The largest absolute Gasteiger partial charge is 0.493 e.